The average molecular weight is 240 g/mol. The van der Waals surface area contributed by atoms with E-state index < -0.39 is 5.60 Å². The molecule has 2 aromatic rings. The van der Waals surface area contributed by atoms with Gasteiger partial charge in [-0.2, -0.15) is 0 Å². The highest BCUT2D eigenvalue weighted by Gasteiger charge is 2.30. The molecular formula is C16H16O2. The Labute approximate surface area is 107 Å². The number of hydrogen-bond acceptors (Lipinski definition) is 2. The number of benzene rings is 2. The van der Waals surface area contributed by atoms with Gasteiger partial charge < -0.3 is 9.90 Å². The molecule has 0 saturated heterocycles. The van der Waals surface area contributed by atoms with Crippen LogP contribution in [0, 0.1) is 0 Å². The first-order valence-electron chi connectivity index (χ1n) is 6.04. The largest absolute Gasteiger partial charge is 0.380 e. The van der Waals surface area contributed by atoms with Crippen LogP contribution in [0.5, 0.6) is 0 Å². The Morgan fingerprint density at radius 3 is 1.72 bits per heavy atom. The van der Waals surface area contributed by atoms with E-state index >= 15 is 0 Å². The number of hydrogen-bond donors (Lipinski definition) is 1. The predicted molar refractivity (Wildman–Crippen MR) is 71.2 cm³/mol. The number of carbonyl (C=O) groups excluding carboxylic acids is 1. The van der Waals surface area contributed by atoms with Gasteiger partial charge in [-0.1, -0.05) is 60.7 Å². The van der Waals surface area contributed by atoms with Gasteiger partial charge >= 0.3 is 0 Å². The first-order valence-corrected chi connectivity index (χ1v) is 6.04. The van der Waals surface area contributed by atoms with Crippen molar-refractivity contribution in [3.63, 3.8) is 0 Å². The lowest BCUT2D eigenvalue weighted by molar-refractivity contribution is -0.108. The summed E-state index contributed by atoms with van der Waals surface area (Å²) in [6, 6.07) is 18.9. The molecule has 92 valence electrons. The van der Waals surface area contributed by atoms with Gasteiger partial charge in [-0.25, -0.2) is 0 Å². The summed E-state index contributed by atoms with van der Waals surface area (Å²) in [5.41, 5.74) is 0.541. The first kappa shape index (κ1) is 12.5. The van der Waals surface area contributed by atoms with Crippen LogP contribution in [-0.2, 0) is 10.4 Å². The third-order valence-corrected chi connectivity index (χ3v) is 3.13. The molecule has 0 aliphatic heterocycles. The van der Waals surface area contributed by atoms with E-state index in [-0.39, 0.29) is 0 Å². The summed E-state index contributed by atoms with van der Waals surface area (Å²) in [5, 5.41) is 10.9. The monoisotopic (exact) mass is 240 g/mol. The molecule has 0 atom stereocenters. The van der Waals surface area contributed by atoms with E-state index in [2.05, 4.69) is 0 Å². The molecule has 0 spiro atoms. The summed E-state index contributed by atoms with van der Waals surface area (Å²) in [7, 11) is 0. The molecule has 0 bridgehead atoms. The zero-order valence-corrected chi connectivity index (χ0v) is 10.1. The second-order valence-electron chi connectivity index (χ2n) is 4.30. The Bertz CT molecular complexity index is 452. The van der Waals surface area contributed by atoms with Gasteiger partial charge in [0.25, 0.3) is 0 Å². The summed E-state index contributed by atoms with van der Waals surface area (Å²) in [6.45, 7) is 0. The summed E-state index contributed by atoms with van der Waals surface area (Å²) in [6.07, 6.45) is 1.57. The molecule has 0 fully saturated rings. The van der Waals surface area contributed by atoms with Crippen LogP contribution < -0.4 is 0 Å². The lowest BCUT2D eigenvalue weighted by Crippen LogP contribution is -2.27. The van der Waals surface area contributed by atoms with Crippen molar-refractivity contribution in [3.8, 4) is 0 Å². The molecule has 2 heteroatoms. The van der Waals surface area contributed by atoms with Gasteiger partial charge in [-0.3, -0.25) is 0 Å². The highest BCUT2D eigenvalue weighted by molar-refractivity contribution is 5.50. The van der Waals surface area contributed by atoms with Crippen LogP contribution in [0.15, 0.2) is 60.7 Å². The topological polar surface area (TPSA) is 37.3 Å². The molecule has 2 nitrogen and oxygen atoms in total. The van der Waals surface area contributed by atoms with Crippen molar-refractivity contribution in [1.82, 2.24) is 0 Å². The fourth-order valence-corrected chi connectivity index (χ4v) is 2.15. The van der Waals surface area contributed by atoms with E-state index in [1.807, 2.05) is 60.7 Å². The summed E-state index contributed by atoms with van der Waals surface area (Å²) in [4.78, 5) is 10.6. The Balaban J connectivity index is 2.44. The van der Waals surface area contributed by atoms with Crippen LogP contribution in [-0.4, -0.2) is 11.4 Å². The van der Waals surface area contributed by atoms with E-state index in [1.54, 1.807) is 0 Å². The number of aldehydes is 1. The molecule has 0 amide bonds. The van der Waals surface area contributed by atoms with Crippen LogP contribution in [0.2, 0.25) is 0 Å². The van der Waals surface area contributed by atoms with Crippen molar-refractivity contribution in [3.05, 3.63) is 71.8 Å². The predicted octanol–water partition coefficient (Wildman–Crippen LogP) is 2.90. The SMILES string of the molecule is O=CCCC(O)(c1ccccc1)c1ccccc1. The average Bonchev–Trinajstić information content (AvgIpc) is 2.46. The van der Waals surface area contributed by atoms with Crippen molar-refractivity contribution >= 4 is 6.29 Å². The van der Waals surface area contributed by atoms with Crippen molar-refractivity contribution in [2.45, 2.75) is 18.4 Å². The Morgan fingerprint density at radius 2 is 1.33 bits per heavy atom. The van der Waals surface area contributed by atoms with E-state index in [0.29, 0.717) is 12.8 Å². The molecule has 18 heavy (non-hydrogen) atoms. The molecule has 0 saturated carbocycles. The van der Waals surface area contributed by atoms with E-state index in [1.165, 1.54) is 0 Å². The first-order chi connectivity index (χ1) is 8.77. The zero-order valence-electron chi connectivity index (χ0n) is 10.1. The smallest absolute Gasteiger partial charge is 0.120 e. The molecule has 0 aromatic heterocycles. The quantitative estimate of drug-likeness (QED) is 0.816. The normalized spacial score (nSPS) is 11.2. The second kappa shape index (κ2) is 5.61. The zero-order chi connectivity index (χ0) is 12.8. The highest BCUT2D eigenvalue weighted by atomic mass is 16.3. The summed E-state index contributed by atoms with van der Waals surface area (Å²) < 4.78 is 0. The van der Waals surface area contributed by atoms with E-state index in [9.17, 15) is 9.90 Å². The van der Waals surface area contributed by atoms with Gasteiger partial charge in [-0.15, -0.1) is 0 Å². The standard InChI is InChI=1S/C16H16O2/c17-13-7-12-16(18,14-8-3-1-4-9-14)15-10-5-2-6-11-15/h1-6,8-11,13,18H,7,12H2. The third kappa shape index (κ3) is 2.49. The van der Waals surface area contributed by atoms with Crippen LogP contribution >= 0.6 is 0 Å². The van der Waals surface area contributed by atoms with E-state index in [0.717, 1.165) is 17.4 Å². The second-order valence-corrected chi connectivity index (χ2v) is 4.30. The number of carbonyl (C=O) groups is 1. The van der Waals surface area contributed by atoms with E-state index in [4.69, 9.17) is 0 Å². The van der Waals surface area contributed by atoms with Crippen molar-refractivity contribution in [2.75, 3.05) is 0 Å². The summed E-state index contributed by atoms with van der Waals surface area (Å²) in [5.74, 6) is 0. The lowest BCUT2D eigenvalue weighted by Gasteiger charge is -2.28. The number of rotatable bonds is 5. The van der Waals surface area contributed by atoms with Crippen molar-refractivity contribution in [2.24, 2.45) is 0 Å². The maximum Gasteiger partial charge on any atom is 0.120 e. The maximum absolute atomic E-state index is 10.9. The highest BCUT2D eigenvalue weighted by Crippen LogP contribution is 2.33. The molecule has 0 radical (unpaired) electrons. The van der Waals surface area contributed by atoms with Crippen molar-refractivity contribution in [1.29, 1.82) is 0 Å². The molecule has 2 rings (SSSR count). The van der Waals surface area contributed by atoms with Gasteiger partial charge in [0.05, 0.1) is 0 Å². The molecule has 2 aromatic carbocycles. The van der Waals surface area contributed by atoms with Crippen LogP contribution in [0.25, 0.3) is 0 Å². The minimum Gasteiger partial charge on any atom is -0.380 e. The Morgan fingerprint density at radius 1 is 0.889 bits per heavy atom. The lowest BCUT2D eigenvalue weighted by atomic mass is 9.83. The molecular weight excluding hydrogens is 224 g/mol. The Hall–Kier alpha value is -1.93. The molecule has 0 aliphatic rings. The minimum absolute atomic E-state index is 0.334. The van der Waals surface area contributed by atoms with Crippen molar-refractivity contribution < 1.29 is 9.90 Å². The third-order valence-electron chi connectivity index (χ3n) is 3.13. The molecule has 1 N–H and O–H groups in total. The van der Waals surface area contributed by atoms with Gasteiger partial charge in [0.2, 0.25) is 0 Å². The molecule has 0 unspecified atom stereocenters. The van der Waals surface area contributed by atoms with Crippen LogP contribution in [0.3, 0.4) is 0 Å². The van der Waals surface area contributed by atoms with Gasteiger partial charge in [0.1, 0.15) is 11.9 Å². The van der Waals surface area contributed by atoms with Crippen LogP contribution in [0.4, 0.5) is 0 Å². The Kier molecular flexibility index (Phi) is 3.90. The van der Waals surface area contributed by atoms with Gasteiger partial charge in [-0.05, 0) is 17.5 Å². The fraction of sp³-hybridized carbons (Fsp3) is 0.188. The number of aliphatic hydroxyl groups is 1. The molecule has 0 heterocycles. The minimum atomic E-state index is -1.09. The summed E-state index contributed by atoms with van der Waals surface area (Å²) >= 11 is 0. The van der Waals surface area contributed by atoms with Gasteiger partial charge in [0.15, 0.2) is 0 Å². The maximum atomic E-state index is 10.9. The molecule has 0 aliphatic carbocycles. The fourth-order valence-electron chi connectivity index (χ4n) is 2.15. The van der Waals surface area contributed by atoms with Gasteiger partial charge in [0, 0.05) is 6.42 Å². The van der Waals surface area contributed by atoms with Crippen LogP contribution in [0.1, 0.15) is 24.0 Å².